The van der Waals surface area contributed by atoms with E-state index in [9.17, 15) is 0 Å². The first-order valence-electron chi connectivity index (χ1n) is 6.12. The van der Waals surface area contributed by atoms with Crippen molar-refractivity contribution in [3.63, 3.8) is 0 Å². The standard InChI is InChI=1S/C14H15ClS2/c1-2-10-6-7-12(16-10)14(15)13-8-9-4-3-5-11(9)17-13/h6-8,14H,2-5H2,1H3. The van der Waals surface area contributed by atoms with Gasteiger partial charge in [-0.3, -0.25) is 0 Å². The summed E-state index contributed by atoms with van der Waals surface area (Å²) >= 11 is 10.4. The normalized spacial score (nSPS) is 16.1. The van der Waals surface area contributed by atoms with Gasteiger partial charge in [0.05, 0.1) is 0 Å². The lowest BCUT2D eigenvalue weighted by Gasteiger charge is -2.03. The van der Waals surface area contributed by atoms with Crippen molar-refractivity contribution < 1.29 is 0 Å². The van der Waals surface area contributed by atoms with E-state index in [4.69, 9.17) is 11.6 Å². The van der Waals surface area contributed by atoms with Gasteiger partial charge in [-0.25, -0.2) is 0 Å². The molecule has 1 atom stereocenters. The van der Waals surface area contributed by atoms with Crippen LogP contribution in [-0.4, -0.2) is 0 Å². The Hall–Kier alpha value is -0.310. The summed E-state index contributed by atoms with van der Waals surface area (Å²) in [6.07, 6.45) is 4.94. The van der Waals surface area contributed by atoms with Crippen LogP contribution in [0.4, 0.5) is 0 Å². The van der Waals surface area contributed by atoms with Gasteiger partial charge in [-0.1, -0.05) is 6.92 Å². The zero-order valence-electron chi connectivity index (χ0n) is 9.83. The van der Waals surface area contributed by atoms with E-state index in [1.54, 1.807) is 10.4 Å². The molecule has 0 bridgehead atoms. The van der Waals surface area contributed by atoms with Gasteiger partial charge < -0.3 is 0 Å². The molecular formula is C14H15ClS2. The zero-order chi connectivity index (χ0) is 11.8. The lowest BCUT2D eigenvalue weighted by atomic mass is 10.2. The summed E-state index contributed by atoms with van der Waals surface area (Å²) in [7, 11) is 0. The third kappa shape index (κ3) is 2.18. The van der Waals surface area contributed by atoms with Crippen LogP contribution in [0.5, 0.6) is 0 Å². The molecule has 0 saturated carbocycles. The molecule has 0 N–H and O–H groups in total. The molecule has 0 amide bonds. The van der Waals surface area contributed by atoms with Gasteiger partial charge in [-0.2, -0.15) is 0 Å². The van der Waals surface area contributed by atoms with Gasteiger partial charge in [-0.15, -0.1) is 34.3 Å². The Morgan fingerprint density at radius 3 is 2.82 bits per heavy atom. The van der Waals surface area contributed by atoms with Crippen LogP contribution in [0.15, 0.2) is 18.2 Å². The number of hydrogen-bond donors (Lipinski definition) is 0. The molecule has 0 aliphatic heterocycles. The number of alkyl halides is 1. The molecule has 0 fully saturated rings. The van der Waals surface area contributed by atoms with Crippen molar-refractivity contribution in [2.24, 2.45) is 0 Å². The minimum atomic E-state index is 0.0656. The zero-order valence-corrected chi connectivity index (χ0v) is 12.2. The van der Waals surface area contributed by atoms with Crippen molar-refractivity contribution >= 4 is 34.3 Å². The van der Waals surface area contributed by atoms with Gasteiger partial charge in [0, 0.05) is 19.5 Å². The Kier molecular flexibility index (Phi) is 3.29. The number of rotatable bonds is 3. The summed E-state index contributed by atoms with van der Waals surface area (Å²) in [5.74, 6) is 0. The van der Waals surface area contributed by atoms with Crippen LogP contribution in [0.25, 0.3) is 0 Å². The van der Waals surface area contributed by atoms with Crippen LogP contribution >= 0.6 is 34.3 Å². The second kappa shape index (κ2) is 4.75. The topological polar surface area (TPSA) is 0 Å². The molecular weight excluding hydrogens is 268 g/mol. The molecule has 2 aromatic rings. The molecule has 1 unspecified atom stereocenters. The van der Waals surface area contributed by atoms with Crippen molar-refractivity contribution in [2.75, 3.05) is 0 Å². The highest BCUT2D eigenvalue weighted by atomic mass is 35.5. The first-order valence-corrected chi connectivity index (χ1v) is 8.19. The maximum Gasteiger partial charge on any atom is 0.102 e. The van der Waals surface area contributed by atoms with E-state index in [0.717, 1.165) is 6.42 Å². The minimum Gasteiger partial charge on any atom is -0.143 e. The second-order valence-electron chi connectivity index (χ2n) is 4.47. The predicted molar refractivity (Wildman–Crippen MR) is 77.7 cm³/mol. The third-order valence-electron chi connectivity index (χ3n) is 3.30. The first kappa shape index (κ1) is 11.8. The molecule has 0 aromatic carbocycles. The first-order chi connectivity index (χ1) is 8.28. The van der Waals surface area contributed by atoms with E-state index in [-0.39, 0.29) is 5.38 Å². The van der Waals surface area contributed by atoms with Crippen LogP contribution in [0, 0.1) is 0 Å². The lowest BCUT2D eigenvalue weighted by Crippen LogP contribution is -1.85. The SMILES string of the molecule is CCc1ccc(C(Cl)c2cc3c(s2)CCC3)s1. The van der Waals surface area contributed by atoms with Crippen LogP contribution in [-0.2, 0) is 19.3 Å². The second-order valence-corrected chi connectivity index (χ2v) is 7.28. The van der Waals surface area contributed by atoms with E-state index < -0.39 is 0 Å². The molecule has 2 aromatic heterocycles. The lowest BCUT2D eigenvalue weighted by molar-refractivity contribution is 0.913. The highest BCUT2D eigenvalue weighted by Gasteiger charge is 2.20. The molecule has 3 rings (SSSR count). The quantitative estimate of drug-likeness (QED) is 0.680. The van der Waals surface area contributed by atoms with E-state index in [1.165, 1.54) is 33.9 Å². The third-order valence-corrected chi connectivity index (χ3v) is 6.62. The van der Waals surface area contributed by atoms with Gasteiger partial charge in [0.2, 0.25) is 0 Å². The Labute approximate surface area is 115 Å². The number of aryl methyl sites for hydroxylation is 3. The summed E-state index contributed by atoms with van der Waals surface area (Å²) in [6.45, 7) is 2.19. The van der Waals surface area contributed by atoms with Crippen LogP contribution in [0.2, 0.25) is 0 Å². The fourth-order valence-corrected chi connectivity index (χ4v) is 5.02. The monoisotopic (exact) mass is 282 g/mol. The number of halogens is 1. The van der Waals surface area contributed by atoms with Crippen molar-refractivity contribution in [2.45, 2.75) is 38.0 Å². The fraction of sp³-hybridized carbons (Fsp3) is 0.429. The number of fused-ring (bicyclic) bond motifs is 1. The molecule has 0 radical (unpaired) electrons. The molecule has 1 aliphatic rings. The smallest absolute Gasteiger partial charge is 0.102 e. The van der Waals surface area contributed by atoms with Gasteiger partial charge in [0.15, 0.2) is 0 Å². The Bertz CT molecular complexity index is 503. The fourth-order valence-electron chi connectivity index (χ4n) is 2.34. The molecule has 2 heterocycles. The van der Waals surface area contributed by atoms with Crippen LogP contribution in [0.1, 0.15) is 43.8 Å². The highest BCUT2D eigenvalue weighted by Crippen LogP contribution is 2.41. The van der Waals surface area contributed by atoms with Gasteiger partial charge in [0.1, 0.15) is 5.38 Å². The summed E-state index contributed by atoms with van der Waals surface area (Å²) in [5, 5.41) is 0.0656. The van der Waals surface area contributed by atoms with Crippen LogP contribution < -0.4 is 0 Å². The predicted octanol–water partition coefficient (Wildman–Crippen LogP) is 5.19. The maximum absolute atomic E-state index is 6.59. The van der Waals surface area contributed by atoms with Gasteiger partial charge in [0.25, 0.3) is 0 Å². The average molecular weight is 283 g/mol. The summed E-state index contributed by atoms with van der Waals surface area (Å²) in [6, 6.07) is 6.72. The van der Waals surface area contributed by atoms with Crippen molar-refractivity contribution in [1.82, 2.24) is 0 Å². The van der Waals surface area contributed by atoms with E-state index in [0.29, 0.717) is 0 Å². The van der Waals surface area contributed by atoms with Crippen molar-refractivity contribution in [3.05, 3.63) is 43.3 Å². The largest absolute Gasteiger partial charge is 0.143 e. The summed E-state index contributed by atoms with van der Waals surface area (Å²) in [5.41, 5.74) is 1.54. The summed E-state index contributed by atoms with van der Waals surface area (Å²) in [4.78, 5) is 5.62. The Morgan fingerprint density at radius 2 is 2.12 bits per heavy atom. The van der Waals surface area contributed by atoms with Gasteiger partial charge >= 0.3 is 0 Å². The number of thiophene rings is 2. The molecule has 0 saturated heterocycles. The molecule has 90 valence electrons. The highest BCUT2D eigenvalue weighted by molar-refractivity contribution is 7.14. The molecule has 3 heteroatoms. The average Bonchev–Trinajstić information content (AvgIpc) is 3.02. The molecule has 1 aliphatic carbocycles. The maximum atomic E-state index is 6.59. The van der Waals surface area contributed by atoms with E-state index >= 15 is 0 Å². The van der Waals surface area contributed by atoms with Crippen molar-refractivity contribution in [1.29, 1.82) is 0 Å². The molecule has 0 spiro atoms. The van der Waals surface area contributed by atoms with E-state index in [2.05, 4.69) is 25.1 Å². The Morgan fingerprint density at radius 1 is 1.24 bits per heavy atom. The van der Waals surface area contributed by atoms with E-state index in [1.807, 2.05) is 22.7 Å². The van der Waals surface area contributed by atoms with Crippen LogP contribution in [0.3, 0.4) is 0 Å². The molecule has 0 nitrogen and oxygen atoms in total. The van der Waals surface area contributed by atoms with Gasteiger partial charge in [-0.05, 0) is 49.4 Å². The molecule has 17 heavy (non-hydrogen) atoms. The minimum absolute atomic E-state index is 0.0656. The van der Waals surface area contributed by atoms with Crippen molar-refractivity contribution in [3.8, 4) is 0 Å². The number of hydrogen-bond acceptors (Lipinski definition) is 2. The summed E-state index contributed by atoms with van der Waals surface area (Å²) < 4.78 is 0. The Balaban J connectivity index is 1.87.